The summed E-state index contributed by atoms with van der Waals surface area (Å²) in [6.45, 7) is 0.315. The van der Waals surface area contributed by atoms with Gasteiger partial charge in [0, 0.05) is 29.6 Å². The fourth-order valence-electron chi connectivity index (χ4n) is 1.60. The molecule has 92 valence electrons. The topological polar surface area (TPSA) is 104 Å². The molecular weight excluding hydrogens is 236 g/mol. The number of nitrogens with zero attached hydrogens (tertiary/aromatic N) is 3. The van der Waals surface area contributed by atoms with Crippen LogP contribution in [0.4, 0.5) is 5.69 Å². The average Bonchev–Trinajstić information content (AvgIpc) is 2.81. The van der Waals surface area contributed by atoms with Crippen LogP contribution in [0.15, 0.2) is 36.9 Å². The van der Waals surface area contributed by atoms with Crippen LogP contribution in [0.1, 0.15) is 15.9 Å². The molecule has 2 aromatic rings. The van der Waals surface area contributed by atoms with Crippen molar-refractivity contribution in [3.05, 3.63) is 58.2 Å². The van der Waals surface area contributed by atoms with Gasteiger partial charge in [-0.3, -0.25) is 14.9 Å². The van der Waals surface area contributed by atoms with Crippen LogP contribution in [0.3, 0.4) is 0 Å². The van der Waals surface area contributed by atoms with Crippen molar-refractivity contribution < 1.29 is 9.72 Å². The molecule has 1 heterocycles. The molecule has 0 atom stereocenters. The number of nitrogens with two attached hydrogens (primary N) is 1. The van der Waals surface area contributed by atoms with Crippen molar-refractivity contribution in [2.75, 3.05) is 0 Å². The molecule has 0 aliphatic rings. The van der Waals surface area contributed by atoms with Gasteiger partial charge in [0.05, 0.1) is 17.8 Å². The van der Waals surface area contributed by atoms with Crippen LogP contribution in [-0.2, 0) is 6.54 Å². The van der Waals surface area contributed by atoms with Crippen LogP contribution >= 0.6 is 0 Å². The maximum atomic E-state index is 11.0. The third-order valence-corrected chi connectivity index (χ3v) is 2.48. The van der Waals surface area contributed by atoms with Crippen molar-refractivity contribution in [2.24, 2.45) is 5.73 Å². The van der Waals surface area contributed by atoms with E-state index < -0.39 is 10.8 Å². The highest BCUT2D eigenvalue weighted by molar-refractivity contribution is 5.93. The van der Waals surface area contributed by atoms with Crippen molar-refractivity contribution in [1.82, 2.24) is 9.55 Å². The van der Waals surface area contributed by atoms with E-state index in [1.807, 2.05) is 0 Å². The molecule has 1 amide bonds. The third kappa shape index (κ3) is 2.34. The summed E-state index contributed by atoms with van der Waals surface area (Å²) in [5.74, 6) is -0.688. The van der Waals surface area contributed by atoms with E-state index >= 15 is 0 Å². The monoisotopic (exact) mass is 246 g/mol. The minimum absolute atomic E-state index is 0.121. The quantitative estimate of drug-likeness (QED) is 0.640. The van der Waals surface area contributed by atoms with E-state index in [1.165, 1.54) is 18.2 Å². The summed E-state index contributed by atoms with van der Waals surface area (Å²) in [6.07, 6.45) is 4.85. The summed E-state index contributed by atoms with van der Waals surface area (Å²) in [6, 6.07) is 4.19. The van der Waals surface area contributed by atoms with Gasteiger partial charge in [0.25, 0.3) is 5.69 Å². The second kappa shape index (κ2) is 4.66. The van der Waals surface area contributed by atoms with E-state index in [1.54, 1.807) is 23.3 Å². The minimum Gasteiger partial charge on any atom is -0.366 e. The highest BCUT2D eigenvalue weighted by atomic mass is 16.6. The number of nitro benzene ring substituents is 1. The first-order valence-electron chi connectivity index (χ1n) is 5.11. The molecule has 1 aromatic carbocycles. The first-order chi connectivity index (χ1) is 8.58. The van der Waals surface area contributed by atoms with Gasteiger partial charge in [0.2, 0.25) is 5.91 Å². The Bertz CT molecular complexity index is 592. The highest BCUT2D eigenvalue weighted by Gasteiger charge is 2.16. The van der Waals surface area contributed by atoms with Crippen LogP contribution in [0.25, 0.3) is 0 Å². The zero-order valence-electron chi connectivity index (χ0n) is 9.31. The molecule has 7 heteroatoms. The average molecular weight is 246 g/mol. The largest absolute Gasteiger partial charge is 0.366 e. The Morgan fingerprint density at radius 2 is 2.28 bits per heavy atom. The molecule has 2 rings (SSSR count). The van der Waals surface area contributed by atoms with Crippen molar-refractivity contribution in [2.45, 2.75) is 6.54 Å². The van der Waals surface area contributed by atoms with Crippen LogP contribution in [-0.4, -0.2) is 20.4 Å². The summed E-state index contributed by atoms with van der Waals surface area (Å²) < 4.78 is 1.70. The molecule has 1 aromatic heterocycles. The normalized spacial score (nSPS) is 10.2. The molecule has 0 aliphatic heterocycles. The predicted octanol–water partition coefficient (Wildman–Crippen LogP) is 0.938. The zero-order valence-corrected chi connectivity index (χ0v) is 9.31. The third-order valence-electron chi connectivity index (χ3n) is 2.48. The van der Waals surface area contributed by atoms with Gasteiger partial charge in [-0.2, -0.15) is 0 Å². The number of carbonyl (C=O) groups excluding carboxylic acids is 1. The number of aromatic nitrogens is 2. The maximum Gasteiger partial charge on any atom is 0.275 e. The summed E-state index contributed by atoms with van der Waals surface area (Å²) in [7, 11) is 0. The standard InChI is InChI=1S/C11H10N4O3/c12-11(16)8-1-2-9(10(5-8)15(17)18)6-14-4-3-13-7-14/h1-5,7H,6H2,(H2,12,16). The Morgan fingerprint density at radius 3 is 2.83 bits per heavy atom. The van der Waals surface area contributed by atoms with Gasteiger partial charge >= 0.3 is 0 Å². The lowest BCUT2D eigenvalue weighted by molar-refractivity contribution is -0.385. The van der Waals surface area contributed by atoms with Crippen LogP contribution in [0.5, 0.6) is 0 Å². The van der Waals surface area contributed by atoms with Crippen LogP contribution in [0, 0.1) is 10.1 Å². The summed E-state index contributed by atoms with van der Waals surface area (Å²) in [4.78, 5) is 25.3. The van der Waals surface area contributed by atoms with Crippen molar-refractivity contribution in [3.63, 3.8) is 0 Å². The smallest absolute Gasteiger partial charge is 0.275 e. The lowest BCUT2D eigenvalue weighted by atomic mass is 10.1. The molecule has 0 saturated heterocycles. The number of carbonyl (C=O) groups is 1. The molecule has 7 nitrogen and oxygen atoms in total. The molecule has 0 fully saturated rings. The Labute approximate surface area is 102 Å². The molecule has 0 saturated carbocycles. The van der Waals surface area contributed by atoms with Crippen LogP contribution in [0.2, 0.25) is 0 Å². The highest BCUT2D eigenvalue weighted by Crippen LogP contribution is 2.21. The van der Waals surface area contributed by atoms with Gasteiger partial charge in [-0.25, -0.2) is 4.98 Å². The summed E-state index contributed by atoms with van der Waals surface area (Å²) >= 11 is 0. The zero-order chi connectivity index (χ0) is 13.1. The molecule has 18 heavy (non-hydrogen) atoms. The van der Waals surface area contributed by atoms with Gasteiger partial charge < -0.3 is 10.3 Å². The number of nitro groups is 1. The van der Waals surface area contributed by atoms with E-state index in [0.717, 1.165) is 0 Å². The second-order valence-corrected chi connectivity index (χ2v) is 3.70. The summed E-state index contributed by atoms with van der Waals surface area (Å²) in [5, 5.41) is 11.0. The van der Waals surface area contributed by atoms with E-state index in [2.05, 4.69) is 4.98 Å². The SMILES string of the molecule is NC(=O)c1ccc(Cn2ccnc2)c([N+](=O)[O-])c1. The summed E-state index contributed by atoms with van der Waals surface area (Å²) in [5.41, 5.74) is 5.58. The lowest BCUT2D eigenvalue weighted by Gasteiger charge is -2.05. The fourth-order valence-corrected chi connectivity index (χ4v) is 1.60. The maximum absolute atomic E-state index is 11.0. The molecule has 0 radical (unpaired) electrons. The van der Waals surface area contributed by atoms with Gasteiger partial charge in [0.15, 0.2) is 0 Å². The number of rotatable bonds is 4. The van der Waals surface area contributed by atoms with Gasteiger partial charge in [0.1, 0.15) is 0 Å². The number of imidazole rings is 1. The molecular formula is C11H10N4O3. The van der Waals surface area contributed by atoms with Crippen molar-refractivity contribution >= 4 is 11.6 Å². The first kappa shape index (κ1) is 11.8. The molecule has 2 N–H and O–H groups in total. The number of amides is 1. The van der Waals surface area contributed by atoms with E-state index in [9.17, 15) is 14.9 Å². The van der Waals surface area contributed by atoms with Crippen molar-refractivity contribution in [3.8, 4) is 0 Å². The number of benzene rings is 1. The Morgan fingerprint density at radius 1 is 1.50 bits per heavy atom. The van der Waals surface area contributed by atoms with Crippen LogP contribution < -0.4 is 5.73 Å². The Kier molecular flexibility index (Phi) is 3.05. The number of hydrogen-bond donors (Lipinski definition) is 1. The van der Waals surface area contributed by atoms with Gasteiger partial charge in [-0.15, -0.1) is 0 Å². The van der Waals surface area contributed by atoms with E-state index in [4.69, 9.17) is 5.73 Å². The Hall–Kier alpha value is -2.70. The molecule has 0 spiro atoms. The Balaban J connectivity index is 2.40. The molecule has 0 bridgehead atoms. The molecule has 0 aliphatic carbocycles. The number of primary amides is 1. The van der Waals surface area contributed by atoms with E-state index in [0.29, 0.717) is 12.1 Å². The minimum atomic E-state index is -0.688. The molecule has 0 unspecified atom stereocenters. The van der Waals surface area contributed by atoms with Gasteiger partial charge in [-0.05, 0) is 12.1 Å². The van der Waals surface area contributed by atoms with Crippen molar-refractivity contribution in [1.29, 1.82) is 0 Å². The fraction of sp³-hybridized carbons (Fsp3) is 0.0909. The predicted molar refractivity (Wildman–Crippen MR) is 62.9 cm³/mol. The van der Waals surface area contributed by atoms with E-state index in [-0.39, 0.29) is 11.3 Å². The van der Waals surface area contributed by atoms with Gasteiger partial charge in [-0.1, -0.05) is 0 Å². The number of hydrogen-bond acceptors (Lipinski definition) is 4. The lowest BCUT2D eigenvalue weighted by Crippen LogP contribution is -2.12. The second-order valence-electron chi connectivity index (χ2n) is 3.70. The first-order valence-corrected chi connectivity index (χ1v) is 5.11.